The van der Waals surface area contributed by atoms with Crippen LogP contribution in [0, 0.1) is 5.82 Å². The van der Waals surface area contributed by atoms with Crippen LogP contribution in [0.15, 0.2) is 42.5 Å². The highest BCUT2D eigenvalue weighted by molar-refractivity contribution is 7.80. The van der Waals surface area contributed by atoms with Gasteiger partial charge in [0.2, 0.25) is 0 Å². The zero-order valence-corrected chi connectivity index (χ0v) is 11.4. The maximum absolute atomic E-state index is 13.1. The van der Waals surface area contributed by atoms with Crippen molar-refractivity contribution in [2.45, 2.75) is 6.18 Å². The average molecular weight is 314 g/mol. The molecule has 2 aromatic rings. The molecule has 0 fully saturated rings. The Hall–Kier alpha value is -2.15. The molecule has 0 radical (unpaired) electrons. The number of halogens is 4. The Morgan fingerprint density at radius 1 is 1.05 bits per heavy atom. The van der Waals surface area contributed by atoms with Crippen LogP contribution in [-0.4, -0.2) is 4.99 Å². The Kier molecular flexibility index (Phi) is 4.13. The van der Waals surface area contributed by atoms with Crippen molar-refractivity contribution in [3.8, 4) is 0 Å². The number of benzene rings is 2. The van der Waals surface area contributed by atoms with Gasteiger partial charge < -0.3 is 11.1 Å². The Morgan fingerprint density at radius 3 is 2.29 bits per heavy atom. The van der Waals surface area contributed by atoms with Gasteiger partial charge in [-0.1, -0.05) is 18.3 Å². The van der Waals surface area contributed by atoms with Gasteiger partial charge in [-0.3, -0.25) is 0 Å². The molecular formula is C14H10F4N2S. The molecule has 0 heterocycles. The van der Waals surface area contributed by atoms with Gasteiger partial charge in [-0.15, -0.1) is 0 Å². The van der Waals surface area contributed by atoms with Gasteiger partial charge in [0.1, 0.15) is 10.8 Å². The van der Waals surface area contributed by atoms with Crippen molar-refractivity contribution in [3.63, 3.8) is 0 Å². The fourth-order valence-corrected chi connectivity index (χ4v) is 1.98. The van der Waals surface area contributed by atoms with Crippen molar-refractivity contribution in [1.82, 2.24) is 0 Å². The van der Waals surface area contributed by atoms with E-state index in [0.29, 0.717) is 5.69 Å². The largest absolute Gasteiger partial charge is 0.417 e. The summed E-state index contributed by atoms with van der Waals surface area (Å²) in [6.07, 6.45) is -4.58. The van der Waals surface area contributed by atoms with E-state index in [2.05, 4.69) is 17.5 Å². The van der Waals surface area contributed by atoms with E-state index in [4.69, 9.17) is 5.73 Å². The molecule has 110 valence electrons. The summed E-state index contributed by atoms with van der Waals surface area (Å²) >= 11 is 4.62. The molecule has 0 atom stereocenters. The van der Waals surface area contributed by atoms with Gasteiger partial charge >= 0.3 is 6.18 Å². The second-order valence-electron chi connectivity index (χ2n) is 4.26. The maximum atomic E-state index is 13.1. The van der Waals surface area contributed by atoms with E-state index < -0.39 is 17.6 Å². The minimum atomic E-state index is -4.58. The summed E-state index contributed by atoms with van der Waals surface area (Å²) in [6.45, 7) is 0. The summed E-state index contributed by atoms with van der Waals surface area (Å²) < 4.78 is 52.0. The smallest absolute Gasteiger partial charge is 0.389 e. The Balaban J connectivity index is 2.40. The normalized spacial score (nSPS) is 11.2. The van der Waals surface area contributed by atoms with Gasteiger partial charge in [0.25, 0.3) is 0 Å². The predicted octanol–water partition coefficient (Wildman–Crippen LogP) is 4.22. The fourth-order valence-electron chi connectivity index (χ4n) is 1.80. The molecular weight excluding hydrogens is 304 g/mol. The SMILES string of the molecule is NC(=S)c1ccc(Nc2cccc(F)c2)cc1C(F)(F)F. The molecule has 2 nitrogen and oxygen atoms in total. The molecule has 7 heteroatoms. The van der Waals surface area contributed by atoms with E-state index >= 15 is 0 Å². The van der Waals surface area contributed by atoms with Gasteiger partial charge in [-0.2, -0.15) is 13.2 Å². The number of alkyl halides is 3. The van der Waals surface area contributed by atoms with Crippen LogP contribution in [0.4, 0.5) is 28.9 Å². The predicted molar refractivity (Wildman–Crippen MR) is 77.0 cm³/mol. The minimum Gasteiger partial charge on any atom is -0.389 e. The Bertz CT molecular complexity index is 683. The summed E-state index contributed by atoms with van der Waals surface area (Å²) in [5.74, 6) is -0.490. The molecule has 0 bridgehead atoms. The Labute approximate surface area is 123 Å². The second kappa shape index (κ2) is 5.69. The van der Waals surface area contributed by atoms with Crippen LogP contribution in [0.1, 0.15) is 11.1 Å². The first kappa shape index (κ1) is 15.2. The summed E-state index contributed by atoms with van der Waals surface area (Å²) in [6, 6.07) is 8.88. The summed E-state index contributed by atoms with van der Waals surface area (Å²) in [5, 5.41) is 2.70. The highest BCUT2D eigenvalue weighted by Gasteiger charge is 2.34. The lowest BCUT2D eigenvalue weighted by Gasteiger charge is -2.14. The second-order valence-corrected chi connectivity index (χ2v) is 4.70. The van der Waals surface area contributed by atoms with E-state index in [1.54, 1.807) is 0 Å². The monoisotopic (exact) mass is 314 g/mol. The molecule has 0 saturated heterocycles. The van der Waals surface area contributed by atoms with Crippen molar-refractivity contribution in [3.05, 3.63) is 59.4 Å². The standard InChI is InChI=1S/C14H10F4N2S/c15-8-2-1-3-9(6-8)20-10-4-5-11(13(19)21)12(7-10)14(16,17)18/h1-7,20H,(H2,19,21). The van der Waals surface area contributed by atoms with Crippen molar-refractivity contribution in [1.29, 1.82) is 0 Å². The molecule has 3 N–H and O–H groups in total. The highest BCUT2D eigenvalue weighted by atomic mass is 32.1. The van der Waals surface area contributed by atoms with Crippen LogP contribution < -0.4 is 11.1 Å². The third-order valence-corrected chi connectivity index (χ3v) is 2.92. The number of hydrogen-bond acceptors (Lipinski definition) is 2. The van der Waals surface area contributed by atoms with Crippen LogP contribution in [0.3, 0.4) is 0 Å². The van der Waals surface area contributed by atoms with Crippen molar-refractivity contribution < 1.29 is 17.6 Å². The third-order valence-electron chi connectivity index (χ3n) is 2.70. The summed E-state index contributed by atoms with van der Waals surface area (Å²) in [4.78, 5) is -0.334. The van der Waals surface area contributed by atoms with Gasteiger partial charge in [-0.05, 0) is 36.4 Å². The van der Waals surface area contributed by atoms with E-state index in [9.17, 15) is 17.6 Å². The van der Waals surface area contributed by atoms with Crippen molar-refractivity contribution >= 4 is 28.6 Å². The molecule has 21 heavy (non-hydrogen) atoms. The molecule has 2 aromatic carbocycles. The minimum absolute atomic E-state index is 0.160. The molecule has 0 amide bonds. The molecule has 2 rings (SSSR count). The molecule has 0 spiro atoms. The molecule has 0 aliphatic heterocycles. The number of rotatable bonds is 3. The van der Waals surface area contributed by atoms with Crippen LogP contribution >= 0.6 is 12.2 Å². The van der Waals surface area contributed by atoms with Gasteiger partial charge in [0, 0.05) is 16.9 Å². The van der Waals surface area contributed by atoms with Gasteiger partial charge in [-0.25, -0.2) is 4.39 Å². The zero-order valence-electron chi connectivity index (χ0n) is 10.5. The first-order chi connectivity index (χ1) is 9.77. The average Bonchev–Trinajstić information content (AvgIpc) is 2.37. The first-order valence-corrected chi connectivity index (χ1v) is 6.22. The van der Waals surface area contributed by atoms with E-state index in [-0.39, 0.29) is 16.2 Å². The summed E-state index contributed by atoms with van der Waals surface area (Å²) in [7, 11) is 0. The topological polar surface area (TPSA) is 38.0 Å². The number of anilines is 2. The molecule has 0 aliphatic rings. The molecule has 0 unspecified atom stereocenters. The lowest BCUT2D eigenvalue weighted by atomic mass is 10.1. The maximum Gasteiger partial charge on any atom is 0.417 e. The van der Waals surface area contributed by atoms with Crippen LogP contribution in [0.2, 0.25) is 0 Å². The van der Waals surface area contributed by atoms with E-state index in [1.807, 2.05) is 0 Å². The Morgan fingerprint density at radius 2 is 1.71 bits per heavy atom. The number of nitrogens with two attached hydrogens (primary N) is 1. The van der Waals surface area contributed by atoms with Crippen molar-refractivity contribution in [2.24, 2.45) is 5.73 Å². The molecule has 0 saturated carbocycles. The van der Waals surface area contributed by atoms with Crippen LogP contribution in [0.5, 0.6) is 0 Å². The molecule has 0 aliphatic carbocycles. The van der Waals surface area contributed by atoms with Crippen LogP contribution in [0.25, 0.3) is 0 Å². The number of hydrogen-bond donors (Lipinski definition) is 2. The van der Waals surface area contributed by atoms with Gasteiger partial charge in [0.05, 0.1) is 5.56 Å². The number of nitrogens with one attached hydrogen (secondary N) is 1. The first-order valence-electron chi connectivity index (χ1n) is 5.81. The van der Waals surface area contributed by atoms with Gasteiger partial charge in [0.15, 0.2) is 0 Å². The summed E-state index contributed by atoms with van der Waals surface area (Å²) in [5.41, 5.74) is 4.61. The highest BCUT2D eigenvalue weighted by Crippen LogP contribution is 2.34. The van der Waals surface area contributed by atoms with Crippen LogP contribution in [-0.2, 0) is 6.18 Å². The van der Waals surface area contributed by atoms with Crippen molar-refractivity contribution in [2.75, 3.05) is 5.32 Å². The molecule has 0 aromatic heterocycles. The lowest BCUT2D eigenvalue weighted by molar-refractivity contribution is -0.137. The quantitative estimate of drug-likeness (QED) is 0.658. The number of thiocarbonyl (C=S) groups is 1. The zero-order chi connectivity index (χ0) is 15.6. The lowest BCUT2D eigenvalue weighted by Crippen LogP contribution is -2.18. The van der Waals surface area contributed by atoms with E-state index in [0.717, 1.165) is 6.07 Å². The fraction of sp³-hybridized carbons (Fsp3) is 0.0714. The third kappa shape index (κ3) is 3.69. The van der Waals surface area contributed by atoms with E-state index in [1.165, 1.54) is 36.4 Å².